The van der Waals surface area contributed by atoms with Crippen LogP contribution in [0.4, 0.5) is 5.82 Å². The Bertz CT molecular complexity index is 515. The van der Waals surface area contributed by atoms with Crippen LogP contribution in [0.3, 0.4) is 0 Å². The van der Waals surface area contributed by atoms with Crippen molar-refractivity contribution in [2.24, 2.45) is 5.92 Å². The maximum Gasteiger partial charge on any atom is 0.271 e. The number of aromatic amines is 1. The van der Waals surface area contributed by atoms with Crippen molar-refractivity contribution < 1.29 is 9.59 Å². The first kappa shape index (κ1) is 13.0. The minimum atomic E-state index is -0.0823. The topological polar surface area (TPSA) is 104 Å². The Balaban J connectivity index is 1.50. The van der Waals surface area contributed by atoms with E-state index < -0.39 is 0 Å². The van der Waals surface area contributed by atoms with Gasteiger partial charge in [-0.2, -0.15) is 5.10 Å². The van der Waals surface area contributed by atoms with E-state index in [4.69, 9.17) is 5.73 Å². The lowest BCUT2D eigenvalue weighted by atomic mass is 10.0. The Kier molecular flexibility index (Phi) is 3.33. The molecule has 7 heteroatoms. The first-order valence-electron chi connectivity index (χ1n) is 7.04. The van der Waals surface area contributed by atoms with E-state index >= 15 is 0 Å². The highest BCUT2D eigenvalue weighted by Gasteiger charge is 2.32. The Morgan fingerprint density at radius 1 is 1.30 bits per heavy atom. The van der Waals surface area contributed by atoms with Crippen LogP contribution in [-0.2, 0) is 4.79 Å². The molecule has 20 heavy (non-hydrogen) atoms. The minimum Gasteiger partial charge on any atom is -0.382 e. The first-order chi connectivity index (χ1) is 9.63. The number of likely N-dealkylation sites (tertiary alicyclic amines) is 1. The molecule has 0 bridgehead atoms. The van der Waals surface area contributed by atoms with Gasteiger partial charge in [-0.3, -0.25) is 14.7 Å². The van der Waals surface area contributed by atoms with Crippen LogP contribution in [0.2, 0.25) is 0 Å². The number of carbonyl (C=O) groups excluding carboxylic acids is 2. The van der Waals surface area contributed by atoms with Gasteiger partial charge in [0.05, 0.1) is 0 Å². The standard InChI is InChI=1S/C13H19N5O2/c14-11-7-10(16-17-11)13(20)18-5-3-9(4-6-18)15-12(19)8-1-2-8/h7-9H,1-6H2,(H,15,19)(H3,14,16,17). The fourth-order valence-electron chi connectivity index (χ4n) is 2.51. The minimum absolute atomic E-state index is 0.0823. The summed E-state index contributed by atoms with van der Waals surface area (Å²) in [5.41, 5.74) is 5.92. The number of piperidine rings is 1. The monoisotopic (exact) mass is 277 g/mol. The smallest absolute Gasteiger partial charge is 0.271 e. The van der Waals surface area contributed by atoms with E-state index in [0.29, 0.717) is 24.6 Å². The number of carbonyl (C=O) groups is 2. The highest BCUT2D eigenvalue weighted by molar-refractivity contribution is 5.93. The summed E-state index contributed by atoms with van der Waals surface area (Å²) < 4.78 is 0. The van der Waals surface area contributed by atoms with E-state index in [0.717, 1.165) is 25.7 Å². The van der Waals surface area contributed by atoms with Gasteiger partial charge in [-0.15, -0.1) is 0 Å². The third-order valence-electron chi connectivity index (χ3n) is 3.90. The molecule has 1 aromatic rings. The van der Waals surface area contributed by atoms with Gasteiger partial charge in [0.2, 0.25) is 5.91 Å². The number of nitrogen functional groups attached to an aromatic ring is 1. The molecular formula is C13H19N5O2. The third kappa shape index (κ3) is 2.76. The molecule has 1 aliphatic heterocycles. The van der Waals surface area contributed by atoms with Crippen LogP contribution in [0.1, 0.15) is 36.2 Å². The van der Waals surface area contributed by atoms with Crippen molar-refractivity contribution in [3.05, 3.63) is 11.8 Å². The number of H-pyrrole nitrogens is 1. The van der Waals surface area contributed by atoms with Gasteiger partial charge in [0, 0.05) is 31.1 Å². The highest BCUT2D eigenvalue weighted by Crippen LogP contribution is 2.29. The number of hydrogen-bond donors (Lipinski definition) is 3. The Labute approximate surface area is 116 Å². The van der Waals surface area contributed by atoms with Gasteiger partial charge in [-0.05, 0) is 25.7 Å². The molecule has 1 saturated heterocycles. The largest absolute Gasteiger partial charge is 0.382 e. The van der Waals surface area contributed by atoms with Crippen molar-refractivity contribution in [3.63, 3.8) is 0 Å². The van der Waals surface area contributed by atoms with E-state index in [1.54, 1.807) is 11.0 Å². The lowest BCUT2D eigenvalue weighted by Crippen LogP contribution is -2.47. The maximum absolute atomic E-state index is 12.2. The lowest BCUT2D eigenvalue weighted by Gasteiger charge is -2.32. The summed E-state index contributed by atoms with van der Waals surface area (Å²) in [6, 6.07) is 1.74. The Morgan fingerprint density at radius 2 is 2.00 bits per heavy atom. The van der Waals surface area contributed by atoms with E-state index in [1.165, 1.54) is 0 Å². The van der Waals surface area contributed by atoms with Gasteiger partial charge < -0.3 is 16.0 Å². The van der Waals surface area contributed by atoms with Crippen molar-refractivity contribution in [1.29, 1.82) is 0 Å². The van der Waals surface area contributed by atoms with Crippen molar-refractivity contribution in [3.8, 4) is 0 Å². The van der Waals surface area contributed by atoms with Crippen LogP contribution in [0.25, 0.3) is 0 Å². The van der Waals surface area contributed by atoms with E-state index in [-0.39, 0.29) is 23.8 Å². The lowest BCUT2D eigenvalue weighted by molar-refractivity contribution is -0.123. The fraction of sp³-hybridized carbons (Fsp3) is 0.615. The summed E-state index contributed by atoms with van der Waals surface area (Å²) in [4.78, 5) is 25.6. The summed E-state index contributed by atoms with van der Waals surface area (Å²) in [5, 5.41) is 9.46. The first-order valence-corrected chi connectivity index (χ1v) is 7.04. The molecule has 0 radical (unpaired) electrons. The van der Waals surface area contributed by atoms with Gasteiger partial charge >= 0.3 is 0 Å². The summed E-state index contributed by atoms with van der Waals surface area (Å²) in [6.07, 6.45) is 3.64. The number of anilines is 1. The molecule has 2 aliphatic rings. The number of aromatic nitrogens is 2. The second-order valence-electron chi connectivity index (χ2n) is 5.56. The fourth-order valence-corrected chi connectivity index (χ4v) is 2.51. The predicted octanol–water partition coefficient (Wildman–Crippen LogP) is 0.123. The zero-order chi connectivity index (χ0) is 14.1. The number of rotatable bonds is 3. The second kappa shape index (κ2) is 5.15. The predicted molar refractivity (Wildman–Crippen MR) is 72.8 cm³/mol. The number of nitrogens with two attached hydrogens (primary N) is 1. The molecule has 7 nitrogen and oxygen atoms in total. The van der Waals surface area contributed by atoms with Gasteiger partial charge in [0.15, 0.2) is 0 Å². The molecule has 3 rings (SSSR count). The van der Waals surface area contributed by atoms with E-state index in [2.05, 4.69) is 15.5 Å². The maximum atomic E-state index is 12.2. The number of amides is 2. The Morgan fingerprint density at radius 3 is 2.55 bits per heavy atom. The third-order valence-corrected chi connectivity index (χ3v) is 3.90. The highest BCUT2D eigenvalue weighted by atomic mass is 16.2. The zero-order valence-corrected chi connectivity index (χ0v) is 11.3. The van der Waals surface area contributed by atoms with Crippen LogP contribution in [-0.4, -0.2) is 46.0 Å². The molecule has 2 fully saturated rings. The van der Waals surface area contributed by atoms with Crippen molar-refractivity contribution >= 4 is 17.6 Å². The Hall–Kier alpha value is -2.05. The van der Waals surface area contributed by atoms with Crippen molar-refractivity contribution in [1.82, 2.24) is 20.4 Å². The molecule has 0 aromatic carbocycles. The average Bonchev–Trinajstić information content (AvgIpc) is 3.21. The normalized spacial score (nSPS) is 19.9. The van der Waals surface area contributed by atoms with Gasteiger partial charge in [0.25, 0.3) is 5.91 Å². The van der Waals surface area contributed by atoms with Crippen LogP contribution >= 0.6 is 0 Å². The molecule has 1 saturated carbocycles. The van der Waals surface area contributed by atoms with Crippen molar-refractivity contribution in [2.45, 2.75) is 31.7 Å². The average molecular weight is 277 g/mol. The summed E-state index contributed by atoms with van der Waals surface area (Å²) in [6.45, 7) is 1.29. The molecule has 0 spiro atoms. The van der Waals surface area contributed by atoms with E-state index in [1.807, 2.05) is 0 Å². The molecule has 0 atom stereocenters. The summed E-state index contributed by atoms with van der Waals surface area (Å²) in [5.74, 6) is 0.653. The number of hydrogen-bond acceptors (Lipinski definition) is 4. The van der Waals surface area contributed by atoms with Crippen LogP contribution in [0.15, 0.2) is 6.07 Å². The van der Waals surface area contributed by atoms with Gasteiger partial charge in [0.1, 0.15) is 11.5 Å². The molecule has 4 N–H and O–H groups in total. The van der Waals surface area contributed by atoms with Crippen molar-refractivity contribution in [2.75, 3.05) is 18.8 Å². The van der Waals surface area contributed by atoms with Gasteiger partial charge in [-0.1, -0.05) is 0 Å². The molecule has 0 unspecified atom stereocenters. The van der Waals surface area contributed by atoms with E-state index in [9.17, 15) is 9.59 Å². The molecule has 2 heterocycles. The molecule has 1 aliphatic carbocycles. The number of nitrogens with zero attached hydrogens (tertiary/aromatic N) is 2. The second-order valence-corrected chi connectivity index (χ2v) is 5.56. The summed E-state index contributed by atoms with van der Waals surface area (Å²) >= 11 is 0. The molecule has 108 valence electrons. The quantitative estimate of drug-likeness (QED) is 0.730. The van der Waals surface area contributed by atoms with Crippen LogP contribution in [0, 0.1) is 5.92 Å². The van der Waals surface area contributed by atoms with Crippen LogP contribution < -0.4 is 11.1 Å². The molecular weight excluding hydrogens is 258 g/mol. The summed E-state index contributed by atoms with van der Waals surface area (Å²) in [7, 11) is 0. The molecule has 1 aromatic heterocycles. The number of nitrogens with one attached hydrogen (secondary N) is 2. The van der Waals surface area contributed by atoms with Gasteiger partial charge in [-0.25, -0.2) is 0 Å². The van der Waals surface area contributed by atoms with Crippen LogP contribution in [0.5, 0.6) is 0 Å². The zero-order valence-electron chi connectivity index (χ0n) is 11.3. The molecule has 2 amide bonds. The SMILES string of the molecule is Nc1cc(C(=O)N2CCC(NC(=O)C3CC3)CC2)[nH]n1.